The summed E-state index contributed by atoms with van der Waals surface area (Å²) in [5, 5.41) is 2.61. The first-order valence-corrected chi connectivity index (χ1v) is 5.29. The fourth-order valence-electron chi connectivity index (χ4n) is 1.08. The van der Waals surface area contributed by atoms with Gasteiger partial charge < -0.3 is 10.1 Å². The van der Waals surface area contributed by atoms with E-state index in [9.17, 15) is 9.18 Å². The lowest BCUT2D eigenvalue weighted by molar-refractivity contribution is 0.0957. The van der Waals surface area contributed by atoms with Crippen LogP contribution in [0, 0.1) is 5.82 Å². The molecular formula is C11H11BrFNO2. The van der Waals surface area contributed by atoms with Gasteiger partial charge in [-0.25, -0.2) is 4.39 Å². The Kier molecular flexibility index (Phi) is 4.49. The summed E-state index contributed by atoms with van der Waals surface area (Å²) in [5.74, 6) is -0.756. The Labute approximate surface area is 101 Å². The first kappa shape index (κ1) is 12.7. The van der Waals surface area contributed by atoms with Crippen LogP contribution < -0.4 is 10.1 Å². The van der Waals surface area contributed by atoms with E-state index in [-0.39, 0.29) is 11.7 Å². The molecule has 1 amide bonds. The molecule has 3 nitrogen and oxygen atoms in total. The third-order valence-electron chi connectivity index (χ3n) is 1.85. The van der Waals surface area contributed by atoms with E-state index < -0.39 is 5.82 Å². The van der Waals surface area contributed by atoms with Gasteiger partial charge in [-0.1, -0.05) is 22.5 Å². The van der Waals surface area contributed by atoms with Crippen molar-refractivity contribution in [2.75, 3.05) is 13.7 Å². The second kappa shape index (κ2) is 5.65. The molecule has 0 fully saturated rings. The Balaban J connectivity index is 2.80. The Bertz CT molecular complexity index is 420. The first-order valence-electron chi connectivity index (χ1n) is 4.49. The highest BCUT2D eigenvalue weighted by Gasteiger charge is 2.09. The lowest BCUT2D eigenvalue weighted by Crippen LogP contribution is -2.24. The van der Waals surface area contributed by atoms with Crippen LogP contribution >= 0.6 is 15.9 Å². The summed E-state index contributed by atoms with van der Waals surface area (Å²) in [7, 11) is 1.35. The Morgan fingerprint density at radius 1 is 1.62 bits per heavy atom. The van der Waals surface area contributed by atoms with E-state index in [1.807, 2.05) is 0 Å². The SMILES string of the molecule is C=C(Br)CNC(=O)c1ccc(F)c(OC)c1. The predicted octanol–water partition coefficient (Wildman–Crippen LogP) is 2.47. The lowest BCUT2D eigenvalue weighted by atomic mass is 10.2. The smallest absolute Gasteiger partial charge is 0.251 e. The second-order valence-corrected chi connectivity index (χ2v) is 4.17. The molecule has 5 heteroatoms. The van der Waals surface area contributed by atoms with Gasteiger partial charge in [0, 0.05) is 16.6 Å². The van der Waals surface area contributed by atoms with E-state index in [4.69, 9.17) is 4.74 Å². The number of ether oxygens (including phenoxy) is 1. The molecule has 0 atom stereocenters. The van der Waals surface area contributed by atoms with Gasteiger partial charge in [0.15, 0.2) is 11.6 Å². The van der Waals surface area contributed by atoms with Crippen LogP contribution in [0.3, 0.4) is 0 Å². The van der Waals surface area contributed by atoms with Gasteiger partial charge in [-0.3, -0.25) is 4.79 Å². The van der Waals surface area contributed by atoms with Crippen LogP contribution in [0.25, 0.3) is 0 Å². The van der Waals surface area contributed by atoms with Crippen LogP contribution in [0.4, 0.5) is 4.39 Å². The zero-order valence-electron chi connectivity index (χ0n) is 8.72. The summed E-state index contributed by atoms with van der Waals surface area (Å²) in [4.78, 5) is 11.6. The van der Waals surface area contributed by atoms with Crippen molar-refractivity contribution < 1.29 is 13.9 Å². The molecule has 0 saturated heterocycles. The average molecular weight is 288 g/mol. The molecule has 0 spiro atoms. The van der Waals surface area contributed by atoms with Crippen molar-refractivity contribution in [3.8, 4) is 5.75 Å². The first-order chi connectivity index (χ1) is 7.54. The van der Waals surface area contributed by atoms with Gasteiger partial charge in [-0.05, 0) is 18.2 Å². The number of benzene rings is 1. The topological polar surface area (TPSA) is 38.3 Å². The van der Waals surface area contributed by atoms with E-state index in [0.29, 0.717) is 16.6 Å². The minimum absolute atomic E-state index is 0.0466. The number of hydrogen-bond acceptors (Lipinski definition) is 2. The summed E-state index contributed by atoms with van der Waals surface area (Å²) in [6.45, 7) is 3.90. The Morgan fingerprint density at radius 2 is 2.31 bits per heavy atom. The molecule has 0 bridgehead atoms. The van der Waals surface area contributed by atoms with Crippen molar-refractivity contribution in [2.24, 2.45) is 0 Å². The molecule has 0 radical (unpaired) electrons. The molecule has 16 heavy (non-hydrogen) atoms. The van der Waals surface area contributed by atoms with Gasteiger partial charge in [0.2, 0.25) is 0 Å². The largest absolute Gasteiger partial charge is 0.494 e. The van der Waals surface area contributed by atoms with E-state index in [2.05, 4.69) is 27.8 Å². The van der Waals surface area contributed by atoms with Crippen LogP contribution in [0.15, 0.2) is 29.3 Å². The summed E-state index contributed by atoms with van der Waals surface area (Å²) < 4.78 is 18.5. The monoisotopic (exact) mass is 287 g/mol. The number of methoxy groups -OCH3 is 1. The molecule has 1 aromatic rings. The lowest BCUT2D eigenvalue weighted by Gasteiger charge is -2.06. The van der Waals surface area contributed by atoms with Crippen molar-refractivity contribution in [3.63, 3.8) is 0 Å². The van der Waals surface area contributed by atoms with Crippen LogP contribution in [-0.2, 0) is 0 Å². The van der Waals surface area contributed by atoms with Crippen molar-refractivity contribution >= 4 is 21.8 Å². The number of rotatable bonds is 4. The Morgan fingerprint density at radius 3 is 2.88 bits per heavy atom. The molecule has 1 N–H and O–H groups in total. The average Bonchev–Trinajstić information content (AvgIpc) is 2.26. The summed E-state index contributed by atoms with van der Waals surface area (Å²) in [6, 6.07) is 3.93. The summed E-state index contributed by atoms with van der Waals surface area (Å²) >= 11 is 3.12. The van der Waals surface area contributed by atoms with Crippen LogP contribution in [0.1, 0.15) is 10.4 Å². The molecule has 0 heterocycles. The highest BCUT2D eigenvalue weighted by molar-refractivity contribution is 9.11. The Hall–Kier alpha value is -1.36. The van der Waals surface area contributed by atoms with Crippen LogP contribution in [-0.4, -0.2) is 19.6 Å². The molecule has 0 aliphatic rings. The summed E-state index contributed by atoms with van der Waals surface area (Å²) in [6.07, 6.45) is 0. The predicted molar refractivity (Wildman–Crippen MR) is 63.4 cm³/mol. The van der Waals surface area contributed by atoms with E-state index in [1.165, 1.54) is 25.3 Å². The maximum Gasteiger partial charge on any atom is 0.251 e. The molecule has 0 aromatic heterocycles. The van der Waals surface area contributed by atoms with Gasteiger partial charge >= 0.3 is 0 Å². The molecule has 86 valence electrons. The maximum atomic E-state index is 13.1. The molecule has 0 aliphatic carbocycles. The zero-order chi connectivity index (χ0) is 12.1. The van der Waals surface area contributed by atoms with E-state index in [1.54, 1.807) is 0 Å². The van der Waals surface area contributed by atoms with E-state index in [0.717, 1.165) is 0 Å². The van der Waals surface area contributed by atoms with Gasteiger partial charge in [0.1, 0.15) is 0 Å². The normalized spacial score (nSPS) is 9.69. The number of nitrogens with one attached hydrogen (secondary N) is 1. The molecule has 0 unspecified atom stereocenters. The summed E-state index contributed by atoms with van der Waals surface area (Å²) in [5.41, 5.74) is 0.340. The minimum Gasteiger partial charge on any atom is -0.494 e. The number of carbonyl (C=O) groups is 1. The molecule has 1 rings (SSSR count). The standard InChI is InChI=1S/C11H11BrFNO2/c1-7(12)6-14-11(15)8-3-4-9(13)10(5-8)16-2/h3-5H,1,6H2,2H3,(H,14,15). The van der Waals surface area contributed by atoms with Crippen molar-refractivity contribution in [1.82, 2.24) is 5.32 Å². The van der Waals surface area contributed by atoms with Crippen molar-refractivity contribution in [2.45, 2.75) is 0 Å². The molecule has 0 saturated carbocycles. The highest BCUT2D eigenvalue weighted by atomic mass is 79.9. The van der Waals surface area contributed by atoms with Crippen LogP contribution in [0.5, 0.6) is 5.75 Å². The number of hydrogen-bond donors (Lipinski definition) is 1. The fourth-order valence-corrected chi connectivity index (χ4v) is 1.22. The van der Waals surface area contributed by atoms with Gasteiger partial charge in [0.25, 0.3) is 5.91 Å². The fraction of sp³-hybridized carbons (Fsp3) is 0.182. The number of halogens is 2. The third kappa shape index (κ3) is 3.34. The van der Waals surface area contributed by atoms with Gasteiger partial charge in [-0.15, -0.1) is 0 Å². The number of amides is 1. The van der Waals surface area contributed by atoms with Gasteiger partial charge in [0.05, 0.1) is 7.11 Å². The highest BCUT2D eigenvalue weighted by Crippen LogP contribution is 2.18. The van der Waals surface area contributed by atoms with Crippen LogP contribution in [0.2, 0.25) is 0 Å². The van der Waals surface area contributed by atoms with E-state index >= 15 is 0 Å². The third-order valence-corrected chi connectivity index (χ3v) is 2.13. The van der Waals surface area contributed by atoms with Crippen molar-refractivity contribution in [1.29, 1.82) is 0 Å². The molecule has 0 aliphatic heterocycles. The zero-order valence-corrected chi connectivity index (χ0v) is 10.3. The van der Waals surface area contributed by atoms with Gasteiger partial charge in [-0.2, -0.15) is 0 Å². The maximum absolute atomic E-state index is 13.1. The molecular weight excluding hydrogens is 277 g/mol. The quantitative estimate of drug-likeness (QED) is 0.924. The number of carbonyl (C=O) groups excluding carboxylic acids is 1. The van der Waals surface area contributed by atoms with Crippen molar-refractivity contribution in [3.05, 3.63) is 40.6 Å². The minimum atomic E-state index is -0.496. The molecule has 1 aromatic carbocycles. The second-order valence-electron chi connectivity index (χ2n) is 3.05.